The molecule has 0 unspecified atom stereocenters. The highest BCUT2D eigenvalue weighted by atomic mass is 32.2. The van der Waals surface area contributed by atoms with Gasteiger partial charge in [-0.1, -0.05) is 19.1 Å². The van der Waals surface area contributed by atoms with Crippen molar-refractivity contribution < 1.29 is 34.8 Å². The molecule has 1 rings (SSSR count). The summed E-state index contributed by atoms with van der Waals surface area (Å²) in [5.74, 6) is 0. The Morgan fingerprint density at radius 1 is 1.05 bits per heavy atom. The van der Waals surface area contributed by atoms with Gasteiger partial charge in [-0.15, -0.1) is 0 Å². The van der Waals surface area contributed by atoms with Crippen LogP contribution in [0.15, 0.2) is 29.2 Å². The maximum absolute atomic E-state index is 12.9. The molecule has 1 aromatic carbocycles. The van der Waals surface area contributed by atoms with Gasteiger partial charge in [0, 0.05) is 13.1 Å². The fraction of sp³-hybridized carbons (Fsp3) is 0.500. The number of rotatable bonds is 5. The van der Waals surface area contributed by atoms with E-state index in [1.807, 2.05) is 0 Å². The maximum atomic E-state index is 12.9. The molecule has 0 saturated carbocycles. The van der Waals surface area contributed by atoms with E-state index in [1.165, 1.54) is 6.92 Å². The molecular formula is C12H13F6NO2S. The molecule has 0 atom stereocenters. The van der Waals surface area contributed by atoms with Gasteiger partial charge in [0.2, 0.25) is 10.0 Å². The van der Waals surface area contributed by atoms with Crippen molar-refractivity contribution in [1.82, 2.24) is 4.31 Å². The summed E-state index contributed by atoms with van der Waals surface area (Å²) in [6, 6.07) is 3.40. The predicted octanol–water partition coefficient (Wildman–Crippen LogP) is 3.67. The molecule has 0 aliphatic carbocycles. The summed E-state index contributed by atoms with van der Waals surface area (Å²) < 4.78 is 100.0. The van der Waals surface area contributed by atoms with Crippen molar-refractivity contribution in [3.8, 4) is 0 Å². The predicted molar refractivity (Wildman–Crippen MR) is 66.5 cm³/mol. The van der Waals surface area contributed by atoms with Crippen LogP contribution in [0.25, 0.3) is 0 Å². The van der Waals surface area contributed by atoms with Crippen molar-refractivity contribution in [3.05, 3.63) is 29.8 Å². The molecule has 0 saturated heterocycles. The fourth-order valence-electron chi connectivity index (χ4n) is 1.76. The van der Waals surface area contributed by atoms with E-state index in [0.29, 0.717) is 10.4 Å². The van der Waals surface area contributed by atoms with Gasteiger partial charge in [-0.3, -0.25) is 0 Å². The van der Waals surface area contributed by atoms with Gasteiger partial charge in [0.05, 0.1) is 16.9 Å². The lowest BCUT2D eigenvalue weighted by Gasteiger charge is -2.23. The molecule has 0 heterocycles. The van der Waals surface area contributed by atoms with Crippen molar-refractivity contribution in [2.24, 2.45) is 0 Å². The lowest BCUT2D eigenvalue weighted by molar-refractivity contribution is -0.140. The number of sulfonamides is 1. The van der Waals surface area contributed by atoms with E-state index in [9.17, 15) is 34.8 Å². The van der Waals surface area contributed by atoms with Crippen LogP contribution in [0.5, 0.6) is 0 Å². The highest BCUT2D eigenvalue weighted by Gasteiger charge is 2.39. The van der Waals surface area contributed by atoms with Crippen LogP contribution in [0, 0.1) is 0 Å². The zero-order valence-electron chi connectivity index (χ0n) is 11.4. The van der Waals surface area contributed by atoms with Crippen LogP contribution in [-0.4, -0.2) is 32.0 Å². The number of hydrogen-bond acceptors (Lipinski definition) is 2. The number of halogens is 6. The Morgan fingerprint density at radius 2 is 1.59 bits per heavy atom. The summed E-state index contributed by atoms with van der Waals surface area (Å²) >= 11 is 0. The van der Waals surface area contributed by atoms with Gasteiger partial charge >= 0.3 is 12.4 Å². The van der Waals surface area contributed by atoms with Gasteiger partial charge in [-0.25, -0.2) is 8.42 Å². The number of hydrogen-bond donors (Lipinski definition) is 0. The molecule has 0 N–H and O–H groups in total. The normalized spacial score (nSPS) is 13.6. The molecule has 0 radical (unpaired) electrons. The average Bonchev–Trinajstić information content (AvgIpc) is 2.37. The summed E-state index contributed by atoms with van der Waals surface area (Å²) in [6.07, 6.45) is -11.0. The standard InChI is InChI=1S/C12H13F6NO2S/c1-2-19(8-7-11(13,14)15)22(20,21)10-6-4-3-5-9(10)12(16,17)18/h3-6H,2,7-8H2,1H3. The molecular weight excluding hydrogens is 336 g/mol. The second kappa shape index (κ2) is 6.45. The molecule has 10 heteroatoms. The zero-order chi connectivity index (χ0) is 17.2. The Hall–Kier alpha value is -1.29. The first kappa shape index (κ1) is 18.8. The number of alkyl halides is 6. The third-order valence-electron chi connectivity index (χ3n) is 2.81. The second-order valence-electron chi connectivity index (χ2n) is 4.36. The molecule has 0 aliphatic rings. The largest absolute Gasteiger partial charge is 0.417 e. The molecule has 1 aromatic rings. The highest BCUT2D eigenvalue weighted by molar-refractivity contribution is 7.89. The quantitative estimate of drug-likeness (QED) is 0.761. The van der Waals surface area contributed by atoms with Crippen LogP contribution in [0.2, 0.25) is 0 Å². The third kappa shape index (κ3) is 4.60. The van der Waals surface area contributed by atoms with Gasteiger partial charge in [0.1, 0.15) is 0 Å². The van der Waals surface area contributed by atoms with Crippen molar-refractivity contribution in [2.45, 2.75) is 30.6 Å². The Bertz CT molecular complexity index is 609. The first-order chi connectivity index (χ1) is 9.89. The minimum atomic E-state index is -4.92. The molecule has 22 heavy (non-hydrogen) atoms. The molecule has 0 fully saturated rings. The molecule has 0 aromatic heterocycles. The Labute approximate surface area is 123 Å². The van der Waals surface area contributed by atoms with E-state index < -0.39 is 45.8 Å². The maximum Gasteiger partial charge on any atom is 0.417 e. The molecule has 0 aliphatic heterocycles. The van der Waals surface area contributed by atoms with Crippen molar-refractivity contribution in [1.29, 1.82) is 0 Å². The monoisotopic (exact) mass is 349 g/mol. The summed E-state index contributed by atoms with van der Waals surface area (Å²) in [5, 5.41) is 0. The second-order valence-corrected chi connectivity index (χ2v) is 6.26. The number of nitrogens with zero attached hydrogens (tertiary/aromatic N) is 1. The summed E-state index contributed by atoms with van der Waals surface area (Å²) in [6.45, 7) is -0.0523. The van der Waals surface area contributed by atoms with Crippen LogP contribution in [0.1, 0.15) is 18.9 Å². The zero-order valence-corrected chi connectivity index (χ0v) is 12.2. The van der Waals surface area contributed by atoms with Crippen LogP contribution in [-0.2, 0) is 16.2 Å². The lowest BCUT2D eigenvalue weighted by atomic mass is 10.2. The Morgan fingerprint density at radius 3 is 2.05 bits per heavy atom. The number of benzene rings is 1. The van der Waals surface area contributed by atoms with E-state index in [2.05, 4.69) is 0 Å². The van der Waals surface area contributed by atoms with Crippen LogP contribution in [0.3, 0.4) is 0 Å². The first-order valence-electron chi connectivity index (χ1n) is 6.12. The van der Waals surface area contributed by atoms with Gasteiger partial charge < -0.3 is 0 Å². The Balaban J connectivity index is 3.23. The topological polar surface area (TPSA) is 37.4 Å². The SMILES string of the molecule is CCN(CCC(F)(F)F)S(=O)(=O)c1ccccc1C(F)(F)F. The van der Waals surface area contributed by atoms with E-state index in [1.54, 1.807) is 0 Å². The van der Waals surface area contributed by atoms with Gasteiger partial charge in [0.25, 0.3) is 0 Å². The van der Waals surface area contributed by atoms with E-state index in [4.69, 9.17) is 0 Å². The minimum absolute atomic E-state index is 0.370. The van der Waals surface area contributed by atoms with Gasteiger partial charge in [0.15, 0.2) is 0 Å². The third-order valence-corrected chi connectivity index (χ3v) is 4.84. The van der Waals surface area contributed by atoms with Crippen molar-refractivity contribution in [3.63, 3.8) is 0 Å². The lowest BCUT2D eigenvalue weighted by Crippen LogP contribution is -2.35. The summed E-state index contributed by atoms with van der Waals surface area (Å²) in [5.41, 5.74) is -1.40. The first-order valence-corrected chi connectivity index (χ1v) is 7.56. The van der Waals surface area contributed by atoms with Crippen LogP contribution >= 0.6 is 0 Å². The van der Waals surface area contributed by atoms with E-state index >= 15 is 0 Å². The van der Waals surface area contributed by atoms with Crippen molar-refractivity contribution in [2.75, 3.05) is 13.1 Å². The highest BCUT2D eigenvalue weighted by Crippen LogP contribution is 2.35. The molecule has 0 spiro atoms. The minimum Gasteiger partial charge on any atom is -0.207 e. The molecule has 126 valence electrons. The van der Waals surface area contributed by atoms with Crippen LogP contribution in [0.4, 0.5) is 26.3 Å². The summed E-state index contributed by atoms with van der Waals surface area (Å²) in [7, 11) is -4.67. The van der Waals surface area contributed by atoms with E-state index in [0.717, 1.165) is 18.2 Å². The average molecular weight is 349 g/mol. The molecule has 0 amide bonds. The fourth-order valence-corrected chi connectivity index (χ4v) is 3.43. The Kier molecular flexibility index (Phi) is 5.50. The van der Waals surface area contributed by atoms with Gasteiger partial charge in [-0.05, 0) is 12.1 Å². The van der Waals surface area contributed by atoms with E-state index in [-0.39, 0.29) is 6.54 Å². The van der Waals surface area contributed by atoms with Crippen LogP contribution < -0.4 is 0 Å². The van der Waals surface area contributed by atoms with Gasteiger partial charge in [-0.2, -0.15) is 30.6 Å². The summed E-state index contributed by atoms with van der Waals surface area (Å²) in [4.78, 5) is -1.05. The molecule has 0 bridgehead atoms. The van der Waals surface area contributed by atoms with Crippen molar-refractivity contribution >= 4 is 10.0 Å². The molecule has 3 nitrogen and oxygen atoms in total. The smallest absolute Gasteiger partial charge is 0.207 e.